The van der Waals surface area contributed by atoms with Crippen LogP contribution in [0.5, 0.6) is 0 Å². The minimum Gasteiger partial charge on any atom is -0.339 e. The molecule has 0 aliphatic rings. The van der Waals surface area contributed by atoms with Crippen LogP contribution in [0, 0.1) is 5.82 Å². The summed E-state index contributed by atoms with van der Waals surface area (Å²) in [7, 11) is 1.82. The zero-order valence-corrected chi connectivity index (χ0v) is 10.2. The van der Waals surface area contributed by atoms with E-state index in [1.807, 2.05) is 13.1 Å². The third kappa shape index (κ3) is 2.81. The first-order valence-corrected chi connectivity index (χ1v) is 5.67. The summed E-state index contributed by atoms with van der Waals surface area (Å²) < 4.78 is 13.5. The van der Waals surface area contributed by atoms with Crippen molar-refractivity contribution >= 4 is 5.95 Å². The third-order valence-electron chi connectivity index (χ3n) is 2.62. The molecule has 94 valence electrons. The Morgan fingerprint density at radius 1 is 1.28 bits per heavy atom. The number of anilines is 1. The largest absolute Gasteiger partial charge is 0.339 e. The van der Waals surface area contributed by atoms with Crippen molar-refractivity contribution in [3.05, 3.63) is 53.6 Å². The highest BCUT2D eigenvalue weighted by atomic mass is 19.1. The highest BCUT2D eigenvalue weighted by Gasteiger charge is 2.08. The van der Waals surface area contributed by atoms with Gasteiger partial charge in [0.15, 0.2) is 0 Å². The van der Waals surface area contributed by atoms with Crippen molar-refractivity contribution in [3.63, 3.8) is 0 Å². The second-order valence-electron chi connectivity index (χ2n) is 4.00. The average molecular weight is 246 g/mol. The normalized spacial score (nSPS) is 10.4. The average Bonchev–Trinajstić information content (AvgIpc) is 2.41. The Labute approximate surface area is 105 Å². The maximum Gasteiger partial charge on any atom is 0.225 e. The molecule has 18 heavy (non-hydrogen) atoms. The van der Waals surface area contributed by atoms with Crippen molar-refractivity contribution < 1.29 is 4.39 Å². The zero-order chi connectivity index (χ0) is 13.0. The van der Waals surface area contributed by atoms with Crippen LogP contribution < -0.4 is 10.6 Å². The van der Waals surface area contributed by atoms with Crippen LogP contribution in [0.3, 0.4) is 0 Å². The van der Waals surface area contributed by atoms with Crippen molar-refractivity contribution in [1.29, 1.82) is 0 Å². The number of nitrogens with two attached hydrogens (primary N) is 1. The maximum absolute atomic E-state index is 13.5. The van der Waals surface area contributed by atoms with Crippen molar-refractivity contribution in [2.24, 2.45) is 5.73 Å². The number of aromatic nitrogens is 2. The van der Waals surface area contributed by atoms with Crippen molar-refractivity contribution in [3.8, 4) is 0 Å². The lowest BCUT2D eigenvalue weighted by molar-refractivity contribution is 0.607. The molecule has 2 N–H and O–H groups in total. The fourth-order valence-electron chi connectivity index (χ4n) is 1.64. The summed E-state index contributed by atoms with van der Waals surface area (Å²) in [4.78, 5) is 10.2. The van der Waals surface area contributed by atoms with E-state index in [2.05, 4.69) is 9.97 Å². The Balaban J connectivity index is 2.16. The number of hydrogen-bond acceptors (Lipinski definition) is 4. The van der Waals surface area contributed by atoms with E-state index in [9.17, 15) is 4.39 Å². The smallest absolute Gasteiger partial charge is 0.225 e. The Kier molecular flexibility index (Phi) is 3.84. The molecule has 0 aliphatic heterocycles. The number of hydrogen-bond donors (Lipinski definition) is 1. The van der Waals surface area contributed by atoms with Crippen LogP contribution in [0.25, 0.3) is 0 Å². The molecule has 0 bridgehead atoms. The predicted molar refractivity (Wildman–Crippen MR) is 68.4 cm³/mol. The van der Waals surface area contributed by atoms with Gasteiger partial charge in [0.05, 0.1) is 5.69 Å². The molecule has 5 heteroatoms. The molecule has 0 amide bonds. The standard InChI is InChI=1S/C13H15FN4/c1-18(9-10-4-2-3-5-12(10)14)13-16-7-6-11(8-15)17-13/h2-7H,8-9,15H2,1H3. The molecule has 0 aliphatic carbocycles. The summed E-state index contributed by atoms with van der Waals surface area (Å²) in [5.74, 6) is 0.320. The lowest BCUT2D eigenvalue weighted by Crippen LogP contribution is -2.20. The molecule has 0 atom stereocenters. The first-order valence-electron chi connectivity index (χ1n) is 5.67. The van der Waals surface area contributed by atoms with E-state index in [4.69, 9.17) is 5.73 Å². The van der Waals surface area contributed by atoms with Gasteiger partial charge in [-0.25, -0.2) is 14.4 Å². The molecule has 0 fully saturated rings. The van der Waals surface area contributed by atoms with Gasteiger partial charge in [0.1, 0.15) is 5.82 Å². The van der Waals surface area contributed by atoms with E-state index in [0.717, 1.165) is 5.69 Å². The molecule has 1 aromatic heterocycles. The van der Waals surface area contributed by atoms with Crippen molar-refractivity contribution in [1.82, 2.24) is 9.97 Å². The van der Waals surface area contributed by atoms with Gasteiger partial charge in [-0.05, 0) is 12.1 Å². The van der Waals surface area contributed by atoms with E-state index in [-0.39, 0.29) is 5.82 Å². The summed E-state index contributed by atoms with van der Waals surface area (Å²) in [6, 6.07) is 8.44. The van der Waals surface area contributed by atoms with Gasteiger partial charge in [0, 0.05) is 31.9 Å². The highest BCUT2D eigenvalue weighted by molar-refractivity contribution is 5.32. The summed E-state index contributed by atoms with van der Waals surface area (Å²) in [5, 5.41) is 0. The summed E-state index contributed by atoms with van der Waals surface area (Å²) >= 11 is 0. The molecule has 2 aromatic rings. The molecule has 2 rings (SSSR count). The molecule has 1 aromatic carbocycles. The van der Waals surface area contributed by atoms with Gasteiger partial charge in [0.25, 0.3) is 0 Å². The van der Waals surface area contributed by atoms with Gasteiger partial charge in [0.2, 0.25) is 5.95 Å². The van der Waals surface area contributed by atoms with Gasteiger partial charge >= 0.3 is 0 Å². The fourth-order valence-corrected chi connectivity index (χ4v) is 1.64. The van der Waals surface area contributed by atoms with Gasteiger partial charge in [-0.1, -0.05) is 18.2 Å². The minimum absolute atomic E-state index is 0.223. The van der Waals surface area contributed by atoms with Crippen LogP contribution in [0.4, 0.5) is 10.3 Å². The SMILES string of the molecule is CN(Cc1ccccc1F)c1nccc(CN)n1. The van der Waals surface area contributed by atoms with Crippen LogP contribution >= 0.6 is 0 Å². The Morgan fingerprint density at radius 2 is 2.06 bits per heavy atom. The van der Waals surface area contributed by atoms with E-state index in [1.165, 1.54) is 6.07 Å². The summed E-state index contributed by atoms with van der Waals surface area (Å²) in [5.41, 5.74) is 6.90. The lowest BCUT2D eigenvalue weighted by atomic mass is 10.2. The first-order chi connectivity index (χ1) is 8.70. The van der Waals surface area contributed by atoms with Gasteiger partial charge < -0.3 is 10.6 Å². The molecule has 1 heterocycles. The molecule has 0 spiro atoms. The fraction of sp³-hybridized carbons (Fsp3) is 0.231. The van der Waals surface area contributed by atoms with Gasteiger partial charge in [-0.15, -0.1) is 0 Å². The van der Waals surface area contributed by atoms with Crippen LogP contribution in [0.15, 0.2) is 36.5 Å². The second kappa shape index (κ2) is 5.55. The van der Waals surface area contributed by atoms with Gasteiger partial charge in [-0.3, -0.25) is 0 Å². The molecular weight excluding hydrogens is 231 g/mol. The zero-order valence-electron chi connectivity index (χ0n) is 10.2. The quantitative estimate of drug-likeness (QED) is 0.892. The molecule has 4 nitrogen and oxygen atoms in total. The Morgan fingerprint density at radius 3 is 2.78 bits per heavy atom. The molecule has 0 saturated heterocycles. The summed E-state index contributed by atoms with van der Waals surface area (Å²) in [6.07, 6.45) is 1.66. The number of halogens is 1. The second-order valence-corrected chi connectivity index (χ2v) is 4.00. The number of benzene rings is 1. The van der Waals surface area contributed by atoms with Gasteiger partial charge in [-0.2, -0.15) is 0 Å². The Hall–Kier alpha value is -2.01. The topological polar surface area (TPSA) is 55.0 Å². The van der Waals surface area contributed by atoms with Crippen LogP contribution in [-0.4, -0.2) is 17.0 Å². The summed E-state index contributed by atoms with van der Waals surface area (Å²) in [6.45, 7) is 0.782. The van der Waals surface area contributed by atoms with Crippen molar-refractivity contribution in [2.45, 2.75) is 13.1 Å². The monoisotopic (exact) mass is 246 g/mol. The van der Waals surface area contributed by atoms with Crippen molar-refractivity contribution in [2.75, 3.05) is 11.9 Å². The van der Waals surface area contributed by atoms with E-state index < -0.39 is 0 Å². The Bertz CT molecular complexity index is 530. The number of nitrogens with zero attached hydrogens (tertiary/aromatic N) is 3. The highest BCUT2D eigenvalue weighted by Crippen LogP contribution is 2.13. The molecule has 0 radical (unpaired) electrons. The molecule has 0 unspecified atom stereocenters. The van der Waals surface area contributed by atoms with Crippen LogP contribution in [0.2, 0.25) is 0 Å². The molecule has 0 saturated carbocycles. The maximum atomic E-state index is 13.5. The third-order valence-corrected chi connectivity index (χ3v) is 2.62. The van der Waals surface area contributed by atoms with E-state index >= 15 is 0 Å². The van der Waals surface area contributed by atoms with E-state index in [1.54, 1.807) is 29.3 Å². The number of rotatable bonds is 4. The minimum atomic E-state index is -0.223. The molecular formula is C13H15FN4. The first kappa shape index (κ1) is 12.4. The van der Waals surface area contributed by atoms with Crippen LogP contribution in [-0.2, 0) is 13.1 Å². The predicted octanol–water partition coefficient (Wildman–Crippen LogP) is 1.71. The van der Waals surface area contributed by atoms with E-state index in [0.29, 0.717) is 24.6 Å². The lowest BCUT2D eigenvalue weighted by Gasteiger charge is -2.17. The van der Waals surface area contributed by atoms with Crippen LogP contribution in [0.1, 0.15) is 11.3 Å².